The first-order valence-corrected chi connectivity index (χ1v) is 8.08. The number of benzene rings is 1. The van der Waals surface area contributed by atoms with Gasteiger partial charge in [-0.2, -0.15) is 0 Å². The molecule has 128 valence electrons. The minimum absolute atomic E-state index is 0.0312. The van der Waals surface area contributed by atoms with E-state index in [1.807, 2.05) is 6.92 Å². The average Bonchev–Trinajstić information content (AvgIpc) is 2.40. The summed E-state index contributed by atoms with van der Waals surface area (Å²) in [6.07, 6.45) is 1.24. The molecule has 6 heteroatoms. The van der Waals surface area contributed by atoms with Crippen molar-refractivity contribution in [3.05, 3.63) is 29.8 Å². The van der Waals surface area contributed by atoms with Gasteiger partial charge in [0.15, 0.2) is 0 Å². The number of nitrogens with one attached hydrogen (secondary N) is 2. The standard InChI is InChI=1S/C17H25F2N3O/c1-11-6-12(2)9-22(8-11)10-13(3)20-17(23)21-16-5-4-14(18)7-15(16)19/h4-5,7,11-13H,6,8-10H2,1-3H3,(H2,20,21,23)/t11-,12+,13-/m0/s1. The lowest BCUT2D eigenvalue weighted by molar-refractivity contribution is 0.132. The highest BCUT2D eigenvalue weighted by atomic mass is 19.1. The zero-order chi connectivity index (χ0) is 17.0. The number of carbonyl (C=O) groups excluding carboxylic acids is 1. The van der Waals surface area contributed by atoms with Crippen LogP contribution in [0.2, 0.25) is 0 Å². The molecule has 0 radical (unpaired) electrons. The average molecular weight is 325 g/mol. The van der Waals surface area contributed by atoms with Crippen LogP contribution in [0.5, 0.6) is 0 Å². The van der Waals surface area contributed by atoms with E-state index in [9.17, 15) is 13.6 Å². The zero-order valence-electron chi connectivity index (χ0n) is 13.9. The number of likely N-dealkylation sites (tertiary alicyclic amines) is 1. The molecular formula is C17H25F2N3O. The SMILES string of the molecule is C[C@@H]1C[C@H](C)CN(C[C@H](C)NC(=O)Nc2ccc(F)cc2F)C1. The van der Waals surface area contributed by atoms with Crippen LogP contribution in [0.4, 0.5) is 19.3 Å². The van der Waals surface area contributed by atoms with Crippen LogP contribution in [0.25, 0.3) is 0 Å². The highest BCUT2D eigenvalue weighted by Gasteiger charge is 2.23. The fourth-order valence-electron chi connectivity index (χ4n) is 3.35. The summed E-state index contributed by atoms with van der Waals surface area (Å²) >= 11 is 0. The van der Waals surface area contributed by atoms with E-state index in [-0.39, 0.29) is 11.7 Å². The van der Waals surface area contributed by atoms with Gasteiger partial charge in [0.25, 0.3) is 0 Å². The predicted octanol–water partition coefficient (Wildman–Crippen LogP) is 3.45. The lowest BCUT2D eigenvalue weighted by Gasteiger charge is -2.36. The Balaban J connectivity index is 1.82. The Bertz CT molecular complexity index is 543. The van der Waals surface area contributed by atoms with Crippen molar-refractivity contribution in [1.29, 1.82) is 0 Å². The topological polar surface area (TPSA) is 44.4 Å². The third-order valence-electron chi connectivity index (χ3n) is 4.03. The van der Waals surface area contributed by atoms with Crippen LogP contribution in [-0.4, -0.2) is 36.6 Å². The van der Waals surface area contributed by atoms with Gasteiger partial charge in [-0.05, 0) is 37.3 Å². The van der Waals surface area contributed by atoms with E-state index < -0.39 is 17.7 Å². The van der Waals surface area contributed by atoms with Crippen LogP contribution in [-0.2, 0) is 0 Å². The van der Waals surface area contributed by atoms with Crippen LogP contribution < -0.4 is 10.6 Å². The van der Waals surface area contributed by atoms with Gasteiger partial charge in [0.1, 0.15) is 11.6 Å². The summed E-state index contributed by atoms with van der Waals surface area (Å²) in [6.45, 7) is 9.23. The first kappa shape index (κ1) is 17.7. The summed E-state index contributed by atoms with van der Waals surface area (Å²) in [5.74, 6) is -0.136. The van der Waals surface area contributed by atoms with Crippen LogP contribution in [0.1, 0.15) is 27.2 Å². The number of carbonyl (C=O) groups is 1. The molecule has 0 bridgehead atoms. The number of hydrogen-bond acceptors (Lipinski definition) is 2. The molecule has 1 heterocycles. The third kappa shape index (κ3) is 5.46. The van der Waals surface area contributed by atoms with Crippen LogP contribution in [0.15, 0.2) is 18.2 Å². The molecule has 1 fully saturated rings. The van der Waals surface area contributed by atoms with Gasteiger partial charge in [-0.3, -0.25) is 0 Å². The number of piperidine rings is 1. The Morgan fingerprint density at radius 1 is 1.30 bits per heavy atom. The van der Waals surface area contributed by atoms with E-state index in [0.717, 1.165) is 31.8 Å². The number of halogens is 2. The maximum absolute atomic E-state index is 13.5. The van der Waals surface area contributed by atoms with Gasteiger partial charge >= 0.3 is 6.03 Å². The number of urea groups is 1. The minimum Gasteiger partial charge on any atom is -0.334 e. The Hall–Kier alpha value is -1.69. The number of hydrogen-bond donors (Lipinski definition) is 2. The molecule has 0 aliphatic carbocycles. The molecule has 2 amide bonds. The molecule has 1 aliphatic rings. The molecule has 2 N–H and O–H groups in total. The highest BCUT2D eigenvalue weighted by molar-refractivity contribution is 5.89. The smallest absolute Gasteiger partial charge is 0.319 e. The zero-order valence-corrected chi connectivity index (χ0v) is 13.9. The molecule has 0 unspecified atom stereocenters. The molecule has 4 nitrogen and oxygen atoms in total. The molecule has 0 aromatic heterocycles. The van der Waals surface area contributed by atoms with Gasteiger partial charge in [-0.25, -0.2) is 13.6 Å². The van der Waals surface area contributed by atoms with E-state index in [4.69, 9.17) is 0 Å². The number of nitrogens with zero attached hydrogens (tertiary/aromatic N) is 1. The number of anilines is 1. The van der Waals surface area contributed by atoms with Crippen LogP contribution in [0, 0.1) is 23.5 Å². The molecule has 23 heavy (non-hydrogen) atoms. The van der Waals surface area contributed by atoms with Gasteiger partial charge in [-0.15, -0.1) is 0 Å². The van der Waals surface area contributed by atoms with Crippen molar-refractivity contribution in [2.45, 2.75) is 33.2 Å². The Morgan fingerprint density at radius 2 is 1.96 bits per heavy atom. The second-order valence-electron chi connectivity index (χ2n) is 6.79. The normalized spacial score (nSPS) is 23.3. The molecule has 2 rings (SSSR count). The fraction of sp³-hybridized carbons (Fsp3) is 0.588. The fourth-order valence-corrected chi connectivity index (χ4v) is 3.35. The molecule has 1 aromatic rings. The van der Waals surface area contributed by atoms with Gasteiger partial charge in [-0.1, -0.05) is 13.8 Å². The first-order valence-electron chi connectivity index (χ1n) is 8.08. The summed E-state index contributed by atoms with van der Waals surface area (Å²) in [6, 6.07) is 2.52. The monoisotopic (exact) mass is 325 g/mol. The van der Waals surface area contributed by atoms with Crippen molar-refractivity contribution in [2.75, 3.05) is 25.0 Å². The molecule has 1 aromatic carbocycles. The van der Waals surface area contributed by atoms with E-state index in [2.05, 4.69) is 29.4 Å². The van der Waals surface area contributed by atoms with E-state index in [1.54, 1.807) is 0 Å². The summed E-state index contributed by atoms with van der Waals surface area (Å²) in [5.41, 5.74) is -0.0312. The number of amides is 2. The second kappa shape index (κ2) is 7.73. The predicted molar refractivity (Wildman–Crippen MR) is 87.4 cm³/mol. The Morgan fingerprint density at radius 3 is 2.57 bits per heavy atom. The largest absolute Gasteiger partial charge is 0.334 e. The quantitative estimate of drug-likeness (QED) is 0.890. The molecular weight excluding hydrogens is 300 g/mol. The van der Waals surface area contributed by atoms with Crippen LogP contribution in [0.3, 0.4) is 0 Å². The van der Waals surface area contributed by atoms with Gasteiger partial charge in [0.2, 0.25) is 0 Å². The van der Waals surface area contributed by atoms with Crippen molar-refractivity contribution in [3.8, 4) is 0 Å². The Kier molecular flexibility index (Phi) is 5.93. The van der Waals surface area contributed by atoms with E-state index >= 15 is 0 Å². The molecule has 3 atom stereocenters. The summed E-state index contributed by atoms with van der Waals surface area (Å²) in [4.78, 5) is 14.3. The van der Waals surface area contributed by atoms with Crippen LogP contribution >= 0.6 is 0 Å². The molecule has 1 aliphatic heterocycles. The lowest BCUT2D eigenvalue weighted by Crippen LogP contribution is -2.47. The molecule has 1 saturated heterocycles. The van der Waals surface area contributed by atoms with Gasteiger partial charge in [0, 0.05) is 31.7 Å². The number of rotatable bonds is 4. The first-order chi connectivity index (χ1) is 10.8. The second-order valence-corrected chi connectivity index (χ2v) is 6.79. The highest BCUT2D eigenvalue weighted by Crippen LogP contribution is 2.21. The van der Waals surface area contributed by atoms with Crippen molar-refractivity contribution < 1.29 is 13.6 Å². The summed E-state index contributed by atoms with van der Waals surface area (Å²) in [5, 5.41) is 5.21. The third-order valence-corrected chi connectivity index (χ3v) is 4.03. The van der Waals surface area contributed by atoms with Crippen molar-refractivity contribution in [3.63, 3.8) is 0 Å². The van der Waals surface area contributed by atoms with Crippen molar-refractivity contribution >= 4 is 11.7 Å². The van der Waals surface area contributed by atoms with Gasteiger partial charge in [0.05, 0.1) is 5.69 Å². The molecule has 0 spiro atoms. The maximum Gasteiger partial charge on any atom is 0.319 e. The lowest BCUT2D eigenvalue weighted by atomic mass is 9.92. The van der Waals surface area contributed by atoms with Crippen molar-refractivity contribution in [2.24, 2.45) is 11.8 Å². The van der Waals surface area contributed by atoms with Crippen molar-refractivity contribution in [1.82, 2.24) is 10.2 Å². The summed E-state index contributed by atoms with van der Waals surface area (Å²) in [7, 11) is 0. The maximum atomic E-state index is 13.5. The van der Waals surface area contributed by atoms with E-state index in [0.29, 0.717) is 11.8 Å². The summed E-state index contributed by atoms with van der Waals surface area (Å²) < 4.78 is 26.4. The molecule has 0 saturated carbocycles. The van der Waals surface area contributed by atoms with Gasteiger partial charge < -0.3 is 15.5 Å². The minimum atomic E-state index is -0.786. The van der Waals surface area contributed by atoms with E-state index in [1.165, 1.54) is 12.5 Å². The Labute approximate surface area is 136 Å².